The van der Waals surface area contributed by atoms with Crippen LogP contribution in [0.5, 0.6) is 0 Å². The molecule has 1 rings (SSSR count). The first kappa shape index (κ1) is 22.7. The van der Waals surface area contributed by atoms with Crippen molar-refractivity contribution in [1.82, 2.24) is 0 Å². The van der Waals surface area contributed by atoms with Gasteiger partial charge in [0.2, 0.25) is 0 Å². The molecule has 0 radical (unpaired) electrons. The van der Waals surface area contributed by atoms with Gasteiger partial charge in [-0.2, -0.15) is 12.6 Å². The first-order valence-electron chi connectivity index (χ1n) is 10.6. The van der Waals surface area contributed by atoms with E-state index in [1.807, 2.05) is 0 Å². The van der Waals surface area contributed by atoms with Gasteiger partial charge in [0.05, 0.1) is 0 Å². The van der Waals surface area contributed by atoms with E-state index in [0.29, 0.717) is 5.25 Å². The molecule has 4 atom stereocenters. The van der Waals surface area contributed by atoms with Gasteiger partial charge in [-0.15, -0.1) is 12.6 Å². The van der Waals surface area contributed by atoms with Crippen LogP contribution in [0, 0.1) is 11.8 Å². The van der Waals surface area contributed by atoms with Crippen LogP contribution in [-0.2, 0) is 0 Å². The second kappa shape index (κ2) is 12.9. The maximum atomic E-state index is 10.5. The minimum absolute atomic E-state index is 0.256. The third-order valence-electron chi connectivity index (χ3n) is 5.95. The van der Waals surface area contributed by atoms with Gasteiger partial charge in [-0.05, 0) is 18.8 Å². The van der Waals surface area contributed by atoms with Crippen molar-refractivity contribution in [2.45, 2.75) is 120 Å². The number of hydrogen-bond acceptors (Lipinski definition) is 3. The van der Waals surface area contributed by atoms with Crippen molar-refractivity contribution in [2.75, 3.05) is 0 Å². The zero-order valence-corrected chi connectivity index (χ0v) is 18.0. The standard InChI is InChI=1S/C21H42OS2/c1-3-4-5-6-7-8-9-10-11-12-13-14-15-16-19-20(23)17-18(2)21(19,22)24/h18-20,22-24H,3-17H2,1-2H3. The first-order valence-corrected chi connectivity index (χ1v) is 11.6. The van der Waals surface area contributed by atoms with E-state index in [0.717, 1.165) is 12.8 Å². The lowest BCUT2D eigenvalue weighted by atomic mass is 9.94. The summed E-state index contributed by atoms with van der Waals surface area (Å²) in [6.07, 6.45) is 20.1. The molecule has 1 N–H and O–H groups in total. The maximum Gasteiger partial charge on any atom is 0.114 e. The summed E-state index contributed by atoms with van der Waals surface area (Å²) in [5.74, 6) is 0.516. The van der Waals surface area contributed by atoms with Gasteiger partial charge in [0.15, 0.2) is 0 Å². The smallest absolute Gasteiger partial charge is 0.114 e. The highest BCUT2D eigenvalue weighted by molar-refractivity contribution is 7.82. The van der Waals surface area contributed by atoms with Gasteiger partial charge in [0.25, 0.3) is 0 Å². The van der Waals surface area contributed by atoms with Crippen molar-refractivity contribution in [3.8, 4) is 0 Å². The Balaban J connectivity index is 1.89. The van der Waals surface area contributed by atoms with Crippen LogP contribution in [0.25, 0.3) is 0 Å². The second-order valence-electron chi connectivity index (χ2n) is 8.12. The van der Waals surface area contributed by atoms with Gasteiger partial charge in [-0.25, -0.2) is 0 Å². The molecule has 0 saturated heterocycles. The van der Waals surface area contributed by atoms with E-state index in [9.17, 15) is 5.11 Å². The fourth-order valence-electron chi connectivity index (χ4n) is 4.14. The van der Waals surface area contributed by atoms with Gasteiger partial charge in [-0.1, -0.05) is 97.3 Å². The number of unbranched alkanes of at least 4 members (excludes halogenated alkanes) is 12. The minimum atomic E-state index is -0.802. The molecule has 0 spiro atoms. The highest BCUT2D eigenvalue weighted by Gasteiger charge is 2.48. The van der Waals surface area contributed by atoms with Crippen LogP contribution in [0.4, 0.5) is 0 Å². The van der Waals surface area contributed by atoms with E-state index >= 15 is 0 Å². The Morgan fingerprint density at radius 2 is 1.25 bits per heavy atom. The highest BCUT2D eigenvalue weighted by Crippen LogP contribution is 2.47. The van der Waals surface area contributed by atoms with E-state index in [2.05, 4.69) is 39.1 Å². The van der Waals surface area contributed by atoms with E-state index < -0.39 is 4.93 Å². The van der Waals surface area contributed by atoms with Crippen LogP contribution in [0.2, 0.25) is 0 Å². The summed E-state index contributed by atoms with van der Waals surface area (Å²) in [6, 6.07) is 0. The van der Waals surface area contributed by atoms with E-state index in [1.54, 1.807) is 0 Å². The van der Waals surface area contributed by atoms with Crippen LogP contribution in [0.15, 0.2) is 0 Å². The average molecular weight is 375 g/mol. The summed E-state index contributed by atoms with van der Waals surface area (Å²) in [7, 11) is 0. The Hall–Kier alpha value is 0.660. The molecular weight excluding hydrogens is 332 g/mol. The molecule has 1 aliphatic carbocycles. The molecule has 0 aromatic carbocycles. The fraction of sp³-hybridized carbons (Fsp3) is 1.00. The summed E-state index contributed by atoms with van der Waals surface area (Å²) in [4.78, 5) is -0.802. The summed E-state index contributed by atoms with van der Waals surface area (Å²) < 4.78 is 0. The SMILES string of the molecule is CCCCCCCCCCCCCCCC1C(S)CC(C)C1(O)S. The topological polar surface area (TPSA) is 20.2 Å². The van der Waals surface area contributed by atoms with Crippen molar-refractivity contribution in [1.29, 1.82) is 0 Å². The average Bonchev–Trinajstić information content (AvgIpc) is 2.73. The van der Waals surface area contributed by atoms with Crippen molar-refractivity contribution in [2.24, 2.45) is 11.8 Å². The van der Waals surface area contributed by atoms with Crippen molar-refractivity contribution in [3.05, 3.63) is 0 Å². The third kappa shape index (κ3) is 8.36. The van der Waals surface area contributed by atoms with Crippen molar-refractivity contribution >= 4 is 25.3 Å². The Morgan fingerprint density at radius 3 is 1.62 bits per heavy atom. The van der Waals surface area contributed by atoms with Gasteiger partial charge in [0.1, 0.15) is 4.93 Å². The van der Waals surface area contributed by atoms with Crippen LogP contribution in [0.1, 0.15) is 110 Å². The summed E-state index contributed by atoms with van der Waals surface area (Å²) in [6.45, 7) is 4.38. The first-order chi connectivity index (χ1) is 11.5. The van der Waals surface area contributed by atoms with E-state index in [-0.39, 0.29) is 11.8 Å². The molecule has 1 fully saturated rings. The van der Waals surface area contributed by atoms with Gasteiger partial charge >= 0.3 is 0 Å². The lowest BCUT2D eigenvalue weighted by Crippen LogP contribution is -2.34. The predicted molar refractivity (Wildman–Crippen MR) is 114 cm³/mol. The molecule has 0 aliphatic heterocycles. The number of thiol groups is 2. The molecule has 4 unspecified atom stereocenters. The maximum absolute atomic E-state index is 10.5. The van der Waals surface area contributed by atoms with Crippen LogP contribution >= 0.6 is 25.3 Å². The predicted octanol–water partition coefficient (Wildman–Crippen LogP) is 7.04. The van der Waals surface area contributed by atoms with Crippen LogP contribution < -0.4 is 0 Å². The molecule has 1 nitrogen and oxygen atoms in total. The lowest BCUT2D eigenvalue weighted by Gasteiger charge is -2.29. The molecule has 24 heavy (non-hydrogen) atoms. The molecule has 0 heterocycles. The van der Waals surface area contributed by atoms with Crippen LogP contribution in [-0.4, -0.2) is 15.3 Å². The molecule has 1 saturated carbocycles. The zero-order valence-electron chi connectivity index (χ0n) is 16.2. The molecule has 0 amide bonds. The van der Waals surface area contributed by atoms with Gasteiger partial charge in [0, 0.05) is 11.2 Å². The Kier molecular flexibility index (Phi) is 12.2. The van der Waals surface area contributed by atoms with Crippen LogP contribution in [0.3, 0.4) is 0 Å². The van der Waals surface area contributed by atoms with Crippen molar-refractivity contribution in [3.63, 3.8) is 0 Å². The number of aliphatic hydroxyl groups is 1. The van der Waals surface area contributed by atoms with Gasteiger partial charge < -0.3 is 5.11 Å². The molecule has 0 aromatic rings. The Bertz CT molecular complexity index is 306. The molecule has 0 bridgehead atoms. The second-order valence-corrected chi connectivity index (χ2v) is 9.50. The molecule has 0 aromatic heterocycles. The molecular formula is C21H42OS2. The lowest BCUT2D eigenvalue weighted by molar-refractivity contribution is 0.0595. The minimum Gasteiger partial charge on any atom is -0.379 e. The molecule has 3 heteroatoms. The van der Waals surface area contributed by atoms with E-state index in [4.69, 9.17) is 0 Å². The van der Waals surface area contributed by atoms with Gasteiger partial charge in [-0.3, -0.25) is 0 Å². The Morgan fingerprint density at radius 1 is 0.833 bits per heavy atom. The quantitative estimate of drug-likeness (QED) is 0.169. The number of hydrogen-bond donors (Lipinski definition) is 3. The summed E-state index contributed by atoms with van der Waals surface area (Å²) in [5.41, 5.74) is 0. The monoisotopic (exact) mass is 374 g/mol. The van der Waals surface area contributed by atoms with Crippen molar-refractivity contribution < 1.29 is 5.11 Å². The molecule has 1 aliphatic rings. The largest absolute Gasteiger partial charge is 0.379 e. The summed E-state index contributed by atoms with van der Waals surface area (Å²) >= 11 is 9.19. The Labute approximate surface area is 162 Å². The normalized spacial score (nSPS) is 30.1. The third-order valence-corrected chi connectivity index (χ3v) is 7.29. The van der Waals surface area contributed by atoms with E-state index in [1.165, 1.54) is 83.5 Å². The molecule has 144 valence electrons. The number of rotatable bonds is 14. The summed E-state index contributed by atoms with van der Waals surface area (Å²) in [5, 5.41) is 10.8. The zero-order chi connectivity index (χ0) is 17.8. The highest BCUT2D eigenvalue weighted by atomic mass is 32.1. The fourth-order valence-corrected chi connectivity index (χ4v) is 5.36.